The Balaban J connectivity index is 2.05. The molecule has 0 atom stereocenters. The lowest BCUT2D eigenvalue weighted by Crippen LogP contribution is -2.01. The second kappa shape index (κ2) is 8.88. The van der Waals surface area contributed by atoms with Crippen molar-refractivity contribution in [2.75, 3.05) is 13.2 Å². The van der Waals surface area contributed by atoms with Crippen LogP contribution in [0.2, 0.25) is 0 Å². The minimum Gasteiger partial charge on any atom is -0.504 e. The zero-order valence-electron chi connectivity index (χ0n) is 14.0. The number of hydrogen-bond donors (Lipinski definition) is 1. The molecule has 24 heavy (non-hydrogen) atoms. The van der Waals surface area contributed by atoms with Gasteiger partial charge in [0.2, 0.25) is 0 Å². The van der Waals surface area contributed by atoms with Crippen LogP contribution < -0.4 is 4.74 Å². The summed E-state index contributed by atoms with van der Waals surface area (Å²) >= 11 is 0. The molecule has 0 fully saturated rings. The normalized spacial score (nSPS) is 11.4. The summed E-state index contributed by atoms with van der Waals surface area (Å²) in [6.07, 6.45) is 0.221. The Hall–Kier alpha value is -1.81. The molecule has 2 aromatic rings. The van der Waals surface area contributed by atoms with Crippen molar-refractivity contribution in [2.24, 2.45) is 0 Å². The van der Waals surface area contributed by atoms with E-state index < -0.39 is 7.60 Å². The Kier molecular flexibility index (Phi) is 6.85. The molecule has 0 bridgehead atoms. The third-order valence-corrected chi connectivity index (χ3v) is 5.33. The minimum atomic E-state index is -3.13. The molecule has 0 aliphatic carbocycles. The van der Waals surface area contributed by atoms with Gasteiger partial charge in [-0.1, -0.05) is 36.4 Å². The predicted molar refractivity (Wildman–Crippen MR) is 93.4 cm³/mol. The molecule has 6 heteroatoms. The summed E-state index contributed by atoms with van der Waals surface area (Å²) in [5, 5.41) is 9.72. The van der Waals surface area contributed by atoms with Crippen LogP contribution in [-0.2, 0) is 26.4 Å². The van der Waals surface area contributed by atoms with E-state index in [1.54, 1.807) is 38.1 Å². The van der Waals surface area contributed by atoms with Crippen LogP contribution in [0.15, 0.2) is 48.5 Å². The molecular formula is C18H23O5P. The minimum absolute atomic E-state index is 0.103. The quantitative estimate of drug-likeness (QED) is 0.662. The summed E-state index contributed by atoms with van der Waals surface area (Å²) in [6, 6.07) is 14.4. The van der Waals surface area contributed by atoms with Crippen LogP contribution in [0.3, 0.4) is 0 Å². The van der Waals surface area contributed by atoms with Gasteiger partial charge in [0.25, 0.3) is 0 Å². The molecule has 0 aromatic heterocycles. The third kappa shape index (κ3) is 5.38. The van der Waals surface area contributed by atoms with Gasteiger partial charge in [0, 0.05) is 0 Å². The molecular weight excluding hydrogens is 327 g/mol. The highest BCUT2D eigenvalue weighted by atomic mass is 31.2. The monoisotopic (exact) mass is 350 g/mol. The Morgan fingerprint density at radius 3 is 2.29 bits per heavy atom. The fraction of sp³-hybridized carbons (Fsp3) is 0.333. The smallest absolute Gasteiger partial charge is 0.335 e. The maximum absolute atomic E-state index is 12.6. The lowest BCUT2D eigenvalue weighted by molar-refractivity contribution is 0.219. The van der Waals surface area contributed by atoms with Gasteiger partial charge in [-0.3, -0.25) is 4.57 Å². The molecule has 0 aliphatic rings. The van der Waals surface area contributed by atoms with E-state index in [9.17, 15) is 9.67 Å². The number of aromatic hydroxyl groups is 1. The van der Waals surface area contributed by atoms with E-state index in [1.165, 1.54) is 0 Å². The van der Waals surface area contributed by atoms with Crippen molar-refractivity contribution >= 4 is 7.60 Å². The van der Waals surface area contributed by atoms with Crippen molar-refractivity contribution < 1.29 is 23.5 Å². The van der Waals surface area contributed by atoms with Crippen LogP contribution in [0.4, 0.5) is 0 Å². The first-order valence-corrected chi connectivity index (χ1v) is 9.66. The van der Waals surface area contributed by atoms with E-state index in [1.807, 2.05) is 24.3 Å². The highest BCUT2D eigenvalue weighted by Crippen LogP contribution is 2.51. The highest BCUT2D eigenvalue weighted by molar-refractivity contribution is 7.53. The molecule has 0 unspecified atom stereocenters. The van der Waals surface area contributed by atoms with Crippen molar-refractivity contribution in [2.45, 2.75) is 26.6 Å². The number of rotatable bonds is 9. The largest absolute Gasteiger partial charge is 0.504 e. The summed E-state index contributed by atoms with van der Waals surface area (Å²) in [4.78, 5) is 0. The average Bonchev–Trinajstić information content (AvgIpc) is 2.55. The Labute approximate surface area is 142 Å². The van der Waals surface area contributed by atoms with Crippen LogP contribution in [0.25, 0.3) is 0 Å². The van der Waals surface area contributed by atoms with E-state index in [-0.39, 0.29) is 11.9 Å². The molecule has 2 aromatic carbocycles. The van der Waals surface area contributed by atoms with Gasteiger partial charge in [-0.05, 0) is 37.1 Å². The molecule has 0 radical (unpaired) electrons. The van der Waals surface area contributed by atoms with E-state index in [2.05, 4.69) is 0 Å². The molecule has 0 aliphatic heterocycles. The Bertz CT molecular complexity index is 691. The highest BCUT2D eigenvalue weighted by Gasteiger charge is 2.24. The molecule has 130 valence electrons. The van der Waals surface area contributed by atoms with Gasteiger partial charge in [0.05, 0.1) is 19.4 Å². The molecule has 1 N–H and O–H groups in total. The first kappa shape index (κ1) is 18.5. The van der Waals surface area contributed by atoms with Crippen molar-refractivity contribution in [3.63, 3.8) is 0 Å². The average molecular weight is 350 g/mol. The van der Waals surface area contributed by atoms with Crippen LogP contribution in [0, 0.1) is 0 Å². The van der Waals surface area contributed by atoms with Crippen molar-refractivity contribution in [3.8, 4) is 11.5 Å². The number of phenolic OH excluding ortho intramolecular Hbond substituents is 1. The Morgan fingerprint density at radius 1 is 0.958 bits per heavy atom. The van der Waals surface area contributed by atoms with E-state index in [0.29, 0.717) is 25.6 Å². The van der Waals surface area contributed by atoms with Gasteiger partial charge in [-0.2, -0.15) is 0 Å². The van der Waals surface area contributed by atoms with Gasteiger partial charge in [0.1, 0.15) is 6.61 Å². The first-order valence-electron chi connectivity index (χ1n) is 7.93. The molecule has 0 saturated heterocycles. The predicted octanol–water partition coefficient (Wildman–Crippen LogP) is 4.74. The summed E-state index contributed by atoms with van der Waals surface area (Å²) in [5.74, 6) is 0.531. The maximum atomic E-state index is 12.6. The van der Waals surface area contributed by atoms with Crippen LogP contribution in [0.5, 0.6) is 11.5 Å². The van der Waals surface area contributed by atoms with E-state index >= 15 is 0 Å². The Morgan fingerprint density at radius 2 is 1.62 bits per heavy atom. The van der Waals surface area contributed by atoms with Crippen LogP contribution >= 0.6 is 7.60 Å². The number of ether oxygens (including phenoxy) is 1. The summed E-state index contributed by atoms with van der Waals surface area (Å²) in [5.41, 5.74) is 1.77. The number of benzene rings is 2. The summed E-state index contributed by atoms with van der Waals surface area (Å²) in [7, 11) is -3.13. The summed E-state index contributed by atoms with van der Waals surface area (Å²) in [6.45, 7) is 4.57. The second-order valence-electron chi connectivity index (χ2n) is 5.18. The van der Waals surface area contributed by atoms with E-state index in [4.69, 9.17) is 13.8 Å². The molecule has 2 rings (SSSR count). The first-order chi connectivity index (χ1) is 11.6. The van der Waals surface area contributed by atoms with Gasteiger partial charge in [0.15, 0.2) is 11.5 Å². The second-order valence-corrected chi connectivity index (χ2v) is 7.24. The topological polar surface area (TPSA) is 65.0 Å². The molecule has 0 heterocycles. The molecule has 0 saturated carbocycles. The maximum Gasteiger partial charge on any atom is 0.335 e. The molecule has 0 amide bonds. The van der Waals surface area contributed by atoms with Crippen molar-refractivity contribution in [1.82, 2.24) is 0 Å². The number of phenols is 1. The zero-order valence-corrected chi connectivity index (χ0v) is 14.9. The summed E-state index contributed by atoms with van der Waals surface area (Å²) < 4.78 is 28.9. The van der Waals surface area contributed by atoms with Crippen molar-refractivity contribution in [1.29, 1.82) is 0 Å². The van der Waals surface area contributed by atoms with Gasteiger partial charge < -0.3 is 18.9 Å². The third-order valence-electron chi connectivity index (χ3n) is 3.28. The molecule has 0 spiro atoms. The van der Waals surface area contributed by atoms with E-state index in [0.717, 1.165) is 11.1 Å². The van der Waals surface area contributed by atoms with Crippen molar-refractivity contribution in [3.05, 3.63) is 59.7 Å². The van der Waals surface area contributed by atoms with Gasteiger partial charge in [-0.15, -0.1) is 0 Å². The fourth-order valence-corrected chi connectivity index (χ4v) is 3.99. The van der Waals surface area contributed by atoms with Crippen LogP contribution in [-0.4, -0.2) is 18.3 Å². The van der Waals surface area contributed by atoms with Gasteiger partial charge in [-0.25, -0.2) is 0 Å². The SMILES string of the molecule is CCOP(=O)(Cc1cccc(COc2ccccc2O)c1)OCC. The molecule has 5 nitrogen and oxygen atoms in total. The fourth-order valence-electron chi connectivity index (χ4n) is 2.30. The number of hydrogen-bond acceptors (Lipinski definition) is 5. The standard InChI is InChI=1S/C18H23O5P/c1-3-22-24(20,23-4-2)14-16-9-7-8-15(12-16)13-21-18-11-6-5-10-17(18)19/h5-12,19H,3-4,13-14H2,1-2H3. The van der Waals surface area contributed by atoms with Gasteiger partial charge >= 0.3 is 7.60 Å². The van der Waals surface area contributed by atoms with Crippen LogP contribution in [0.1, 0.15) is 25.0 Å². The lowest BCUT2D eigenvalue weighted by atomic mass is 10.1. The lowest BCUT2D eigenvalue weighted by Gasteiger charge is -2.17. The zero-order chi connectivity index (χ0) is 17.4. The number of para-hydroxylation sites is 2.